The van der Waals surface area contributed by atoms with Crippen LogP contribution in [0.15, 0.2) is 23.4 Å². The number of imidazole rings is 1. The summed E-state index contributed by atoms with van der Waals surface area (Å²) in [5.41, 5.74) is 3.38. The van der Waals surface area contributed by atoms with E-state index in [1.165, 1.54) is 11.4 Å². The predicted molar refractivity (Wildman–Crippen MR) is 105 cm³/mol. The molecule has 0 spiro atoms. The van der Waals surface area contributed by atoms with Gasteiger partial charge in [-0.1, -0.05) is 73.6 Å². The maximum absolute atomic E-state index is 6.28. The summed E-state index contributed by atoms with van der Waals surface area (Å²) < 4.78 is 2.17. The van der Waals surface area contributed by atoms with Crippen LogP contribution < -0.4 is 0 Å². The van der Waals surface area contributed by atoms with Gasteiger partial charge in [0.25, 0.3) is 0 Å². The molecule has 0 unspecified atom stereocenters. The highest BCUT2D eigenvalue weighted by Crippen LogP contribution is 2.32. The van der Waals surface area contributed by atoms with E-state index in [1.54, 1.807) is 11.8 Å². The van der Waals surface area contributed by atoms with Gasteiger partial charge in [-0.15, -0.1) is 6.42 Å². The summed E-state index contributed by atoms with van der Waals surface area (Å²) in [6.07, 6.45) is 9.71. The zero-order chi connectivity index (χ0) is 17.5. The van der Waals surface area contributed by atoms with Crippen molar-refractivity contribution < 1.29 is 0 Å². The number of nitrogens with zero attached hydrogens (tertiary/aromatic N) is 2. The van der Waals surface area contributed by atoms with E-state index in [0.717, 1.165) is 36.4 Å². The van der Waals surface area contributed by atoms with Gasteiger partial charge in [-0.25, -0.2) is 4.98 Å². The predicted octanol–water partition coefficient (Wildman–Crippen LogP) is 6.02. The lowest BCUT2D eigenvalue weighted by Crippen LogP contribution is -2.05. The SMILES string of the molecule is C#CCn1c(SCc2c(Cl)cccc2Cl)nc(CCC)c1CCC. The van der Waals surface area contributed by atoms with Crippen LogP contribution in [0.5, 0.6) is 0 Å². The molecule has 0 radical (unpaired) electrons. The third-order valence-electron chi connectivity index (χ3n) is 3.75. The van der Waals surface area contributed by atoms with Crippen molar-refractivity contribution >= 4 is 35.0 Å². The van der Waals surface area contributed by atoms with Crippen LogP contribution in [0.2, 0.25) is 10.0 Å². The minimum atomic E-state index is 0.546. The van der Waals surface area contributed by atoms with Crippen LogP contribution in [0.3, 0.4) is 0 Å². The van der Waals surface area contributed by atoms with E-state index in [4.69, 9.17) is 34.6 Å². The molecule has 5 heteroatoms. The molecular weight excluding hydrogens is 359 g/mol. The molecule has 0 aliphatic heterocycles. The Morgan fingerprint density at radius 3 is 2.42 bits per heavy atom. The van der Waals surface area contributed by atoms with Crippen molar-refractivity contribution in [3.63, 3.8) is 0 Å². The maximum Gasteiger partial charge on any atom is 0.169 e. The molecule has 24 heavy (non-hydrogen) atoms. The average Bonchev–Trinajstić information content (AvgIpc) is 2.86. The molecule has 0 N–H and O–H groups in total. The number of aryl methyl sites for hydroxylation is 1. The quantitative estimate of drug-likeness (QED) is 0.411. The molecule has 0 aliphatic carbocycles. The molecule has 0 bridgehead atoms. The number of aromatic nitrogens is 2. The van der Waals surface area contributed by atoms with E-state index >= 15 is 0 Å². The molecule has 0 saturated carbocycles. The van der Waals surface area contributed by atoms with Gasteiger partial charge in [0, 0.05) is 21.5 Å². The lowest BCUT2D eigenvalue weighted by Gasteiger charge is -2.10. The van der Waals surface area contributed by atoms with Crippen molar-refractivity contribution in [1.29, 1.82) is 0 Å². The van der Waals surface area contributed by atoms with Gasteiger partial charge in [-0.3, -0.25) is 0 Å². The highest BCUT2D eigenvalue weighted by Gasteiger charge is 2.17. The second kappa shape index (κ2) is 9.42. The number of hydrogen-bond donors (Lipinski definition) is 0. The van der Waals surface area contributed by atoms with E-state index in [9.17, 15) is 0 Å². The minimum absolute atomic E-state index is 0.546. The summed E-state index contributed by atoms with van der Waals surface area (Å²) in [5, 5.41) is 2.33. The molecule has 0 atom stereocenters. The third-order valence-corrected chi connectivity index (χ3v) is 5.46. The van der Waals surface area contributed by atoms with E-state index in [2.05, 4.69) is 24.3 Å². The van der Waals surface area contributed by atoms with Crippen molar-refractivity contribution in [2.75, 3.05) is 0 Å². The first-order valence-corrected chi connectivity index (χ1v) is 9.93. The van der Waals surface area contributed by atoms with E-state index in [-0.39, 0.29) is 0 Å². The van der Waals surface area contributed by atoms with Crippen LogP contribution in [-0.2, 0) is 25.1 Å². The number of halogens is 2. The zero-order valence-electron chi connectivity index (χ0n) is 14.1. The Kier molecular flexibility index (Phi) is 7.55. The third kappa shape index (κ3) is 4.51. The Balaban J connectivity index is 2.31. The largest absolute Gasteiger partial charge is 0.311 e. The van der Waals surface area contributed by atoms with E-state index < -0.39 is 0 Å². The van der Waals surface area contributed by atoms with E-state index in [0.29, 0.717) is 22.3 Å². The standard InChI is InChI=1S/C19H22Cl2N2S/c1-4-8-17-18(9-5-2)23(12-6-3)19(22-17)24-13-14-15(20)10-7-11-16(14)21/h3,7,10-11H,4-5,8-9,12-13H2,1-2H3. The second-order valence-corrected chi connectivity index (χ2v) is 7.32. The minimum Gasteiger partial charge on any atom is -0.311 e. The molecule has 1 aromatic carbocycles. The topological polar surface area (TPSA) is 17.8 Å². The Bertz CT molecular complexity index is 711. The van der Waals surface area contributed by atoms with E-state index in [1.807, 2.05) is 18.2 Å². The monoisotopic (exact) mass is 380 g/mol. The fourth-order valence-electron chi connectivity index (χ4n) is 2.64. The molecule has 2 rings (SSSR count). The van der Waals surface area contributed by atoms with Gasteiger partial charge in [-0.2, -0.15) is 0 Å². The average molecular weight is 381 g/mol. The number of hydrogen-bond acceptors (Lipinski definition) is 2. The van der Waals surface area contributed by atoms with Crippen molar-refractivity contribution in [2.45, 2.75) is 57.0 Å². The first kappa shape index (κ1) is 19.2. The molecule has 0 fully saturated rings. The Hall–Kier alpha value is -1.08. The second-order valence-electron chi connectivity index (χ2n) is 5.57. The number of rotatable bonds is 8. The van der Waals surface area contributed by atoms with Crippen molar-refractivity contribution in [2.24, 2.45) is 0 Å². The maximum atomic E-state index is 6.28. The van der Waals surface area contributed by atoms with Crippen LogP contribution in [-0.4, -0.2) is 9.55 Å². The van der Waals surface area contributed by atoms with Crippen LogP contribution in [0, 0.1) is 12.3 Å². The number of benzene rings is 1. The van der Waals surface area contributed by atoms with Crippen LogP contribution in [0.25, 0.3) is 0 Å². The smallest absolute Gasteiger partial charge is 0.169 e. The van der Waals surface area contributed by atoms with Crippen LogP contribution in [0.4, 0.5) is 0 Å². The van der Waals surface area contributed by atoms with Crippen molar-refractivity contribution in [3.8, 4) is 12.3 Å². The van der Waals surface area contributed by atoms with Crippen LogP contribution >= 0.6 is 35.0 Å². The summed E-state index contributed by atoms with van der Waals surface area (Å²) in [6.45, 7) is 4.90. The van der Waals surface area contributed by atoms with Gasteiger partial charge < -0.3 is 4.57 Å². The fourth-order valence-corrected chi connectivity index (χ4v) is 4.42. The summed E-state index contributed by atoms with van der Waals surface area (Å²) in [5.74, 6) is 3.43. The van der Waals surface area contributed by atoms with Gasteiger partial charge in [0.2, 0.25) is 0 Å². The Morgan fingerprint density at radius 1 is 1.17 bits per heavy atom. The fraction of sp³-hybridized carbons (Fsp3) is 0.421. The van der Waals surface area contributed by atoms with Gasteiger partial charge >= 0.3 is 0 Å². The van der Waals surface area contributed by atoms with Crippen LogP contribution in [0.1, 0.15) is 43.6 Å². The summed E-state index contributed by atoms with van der Waals surface area (Å²) in [6, 6.07) is 5.58. The molecule has 2 aromatic rings. The molecule has 128 valence electrons. The number of thioether (sulfide) groups is 1. The molecule has 1 heterocycles. The Labute approximate surface area is 159 Å². The highest BCUT2D eigenvalue weighted by atomic mass is 35.5. The van der Waals surface area contributed by atoms with Crippen molar-refractivity contribution in [3.05, 3.63) is 45.2 Å². The van der Waals surface area contributed by atoms with Gasteiger partial charge in [-0.05, 0) is 30.5 Å². The lowest BCUT2D eigenvalue weighted by atomic mass is 10.1. The summed E-state index contributed by atoms with van der Waals surface area (Å²) in [4.78, 5) is 4.86. The van der Waals surface area contributed by atoms with Gasteiger partial charge in [0.05, 0.1) is 12.2 Å². The molecule has 0 amide bonds. The highest BCUT2D eigenvalue weighted by molar-refractivity contribution is 7.98. The summed E-state index contributed by atoms with van der Waals surface area (Å²) in [7, 11) is 0. The lowest BCUT2D eigenvalue weighted by molar-refractivity contribution is 0.681. The Morgan fingerprint density at radius 2 is 1.83 bits per heavy atom. The number of terminal acetylenes is 1. The molecular formula is C19H22Cl2N2S. The molecule has 0 saturated heterocycles. The molecule has 2 nitrogen and oxygen atoms in total. The summed E-state index contributed by atoms with van der Waals surface area (Å²) >= 11 is 14.2. The van der Waals surface area contributed by atoms with Gasteiger partial charge in [0.15, 0.2) is 5.16 Å². The molecule has 1 aromatic heterocycles. The van der Waals surface area contributed by atoms with Crippen molar-refractivity contribution in [1.82, 2.24) is 9.55 Å². The normalized spacial score (nSPS) is 10.8. The van der Waals surface area contributed by atoms with Gasteiger partial charge in [0.1, 0.15) is 0 Å². The first-order chi connectivity index (χ1) is 11.6. The first-order valence-electron chi connectivity index (χ1n) is 8.19. The zero-order valence-corrected chi connectivity index (χ0v) is 16.4. The molecule has 0 aliphatic rings.